The van der Waals surface area contributed by atoms with E-state index in [1.807, 2.05) is 43.3 Å². The quantitative estimate of drug-likeness (QED) is 0.470. The summed E-state index contributed by atoms with van der Waals surface area (Å²) in [5.74, 6) is -1.43. The summed E-state index contributed by atoms with van der Waals surface area (Å²) in [5.41, 5.74) is 3.12. The van der Waals surface area contributed by atoms with Crippen molar-refractivity contribution in [1.29, 1.82) is 0 Å². The highest BCUT2D eigenvalue weighted by atomic mass is 16.4. The fourth-order valence-electron chi connectivity index (χ4n) is 3.55. The molecule has 0 radical (unpaired) electrons. The molecule has 0 saturated carbocycles. The molecule has 1 heterocycles. The summed E-state index contributed by atoms with van der Waals surface area (Å²) in [4.78, 5) is 36.4. The second-order valence-corrected chi connectivity index (χ2v) is 7.64. The van der Waals surface area contributed by atoms with Crippen molar-refractivity contribution < 1.29 is 19.8 Å². The van der Waals surface area contributed by atoms with Crippen LogP contribution in [-0.2, 0) is 11.8 Å². The minimum atomic E-state index is -1.09. The average molecular weight is 435 g/mol. The number of aryl methyl sites for hydroxylation is 3. The predicted molar refractivity (Wildman–Crippen MR) is 122 cm³/mol. The van der Waals surface area contributed by atoms with E-state index < -0.39 is 23.6 Å². The molecule has 3 aromatic rings. The van der Waals surface area contributed by atoms with Crippen molar-refractivity contribution in [1.82, 2.24) is 9.88 Å². The Kier molecular flexibility index (Phi) is 6.63. The number of aromatic hydroxyl groups is 1. The van der Waals surface area contributed by atoms with Gasteiger partial charge in [-0.2, -0.15) is 0 Å². The number of rotatable bonds is 6. The number of carboxylic acids is 1. The molecule has 1 unspecified atom stereocenters. The minimum absolute atomic E-state index is 0.271. The summed E-state index contributed by atoms with van der Waals surface area (Å²) in [7, 11) is 1.50. The lowest BCUT2D eigenvalue weighted by atomic mass is 9.95. The Hall–Kier alpha value is -4.07. The van der Waals surface area contributed by atoms with E-state index >= 15 is 0 Å². The second kappa shape index (κ2) is 9.38. The van der Waals surface area contributed by atoms with Crippen LogP contribution < -0.4 is 16.2 Å². The molecule has 8 heteroatoms. The van der Waals surface area contributed by atoms with Crippen molar-refractivity contribution in [3.05, 3.63) is 81.8 Å². The third-order valence-corrected chi connectivity index (χ3v) is 5.20. The fourth-order valence-corrected chi connectivity index (χ4v) is 3.55. The topological polar surface area (TPSA) is 121 Å². The van der Waals surface area contributed by atoms with E-state index in [0.717, 1.165) is 16.7 Å². The lowest BCUT2D eigenvalue weighted by Crippen LogP contribution is -2.36. The van der Waals surface area contributed by atoms with Gasteiger partial charge >= 0.3 is 12.0 Å². The maximum atomic E-state index is 12.6. The van der Waals surface area contributed by atoms with Crippen molar-refractivity contribution in [3.63, 3.8) is 0 Å². The van der Waals surface area contributed by atoms with Crippen molar-refractivity contribution in [2.75, 3.05) is 5.32 Å². The Bertz CT molecular complexity index is 1230. The summed E-state index contributed by atoms with van der Waals surface area (Å²) < 4.78 is 1.24. The van der Waals surface area contributed by atoms with Gasteiger partial charge in [-0.25, -0.2) is 4.79 Å². The number of anilines is 1. The van der Waals surface area contributed by atoms with E-state index in [1.54, 1.807) is 19.1 Å². The molecule has 0 fully saturated rings. The molecule has 0 spiro atoms. The molecule has 3 rings (SSSR count). The fraction of sp³-hybridized carbons (Fsp3) is 0.208. The number of carbonyl (C=O) groups is 2. The average Bonchev–Trinajstić information content (AvgIpc) is 2.75. The van der Waals surface area contributed by atoms with Crippen molar-refractivity contribution in [2.24, 2.45) is 7.05 Å². The Morgan fingerprint density at radius 1 is 1.06 bits per heavy atom. The second-order valence-electron chi connectivity index (χ2n) is 7.64. The zero-order valence-electron chi connectivity index (χ0n) is 18.0. The highest BCUT2D eigenvalue weighted by Gasteiger charge is 2.21. The maximum absolute atomic E-state index is 12.6. The molecule has 0 aliphatic carbocycles. The van der Waals surface area contributed by atoms with Gasteiger partial charge in [-0.1, -0.05) is 42.5 Å². The molecule has 32 heavy (non-hydrogen) atoms. The van der Waals surface area contributed by atoms with Crippen LogP contribution in [0.4, 0.5) is 10.5 Å². The third-order valence-electron chi connectivity index (χ3n) is 5.20. The van der Waals surface area contributed by atoms with Gasteiger partial charge in [-0.15, -0.1) is 0 Å². The molecule has 1 aromatic heterocycles. The number of carbonyl (C=O) groups excluding carboxylic acids is 1. The summed E-state index contributed by atoms with van der Waals surface area (Å²) in [6, 6.07) is 13.4. The van der Waals surface area contributed by atoms with Crippen molar-refractivity contribution >= 4 is 17.7 Å². The normalized spacial score (nSPS) is 11.6. The van der Waals surface area contributed by atoms with E-state index in [-0.39, 0.29) is 17.9 Å². The van der Waals surface area contributed by atoms with Gasteiger partial charge in [-0.3, -0.25) is 9.59 Å². The number of amides is 2. The van der Waals surface area contributed by atoms with Gasteiger partial charge in [0.2, 0.25) is 0 Å². The highest BCUT2D eigenvalue weighted by molar-refractivity contribution is 5.91. The standard InChI is InChI=1S/C24H25N3O5/c1-14-7-4-5-10-18(14)16-8-6-9-17(11-16)19(12-20(28)29)25-24(32)26-21-22(30)15(2)13-27(3)23(21)31/h4-11,13,19,30H,12H2,1-3H3,(H,28,29)(H2,25,26,32). The first kappa shape index (κ1) is 22.6. The number of hydrogen-bond acceptors (Lipinski definition) is 4. The largest absolute Gasteiger partial charge is 0.505 e. The van der Waals surface area contributed by atoms with E-state index in [0.29, 0.717) is 11.1 Å². The monoisotopic (exact) mass is 435 g/mol. The van der Waals surface area contributed by atoms with Crippen LogP contribution in [0.1, 0.15) is 29.2 Å². The molecule has 2 aromatic carbocycles. The van der Waals surface area contributed by atoms with Crippen LogP contribution in [-0.4, -0.2) is 26.8 Å². The van der Waals surface area contributed by atoms with Gasteiger partial charge in [0, 0.05) is 18.8 Å². The molecular formula is C24H25N3O5. The number of aliphatic carboxylic acids is 1. The van der Waals surface area contributed by atoms with Gasteiger partial charge < -0.3 is 25.4 Å². The molecular weight excluding hydrogens is 410 g/mol. The lowest BCUT2D eigenvalue weighted by Gasteiger charge is -2.19. The zero-order valence-corrected chi connectivity index (χ0v) is 18.0. The van der Waals surface area contributed by atoms with Crippen molar-refractivity contribution in [3.8, 4) is 16.9 Å². The summed E-state index contributed by atoms with van der Waals surface area (Å²) in [6.45, 7) is 3.58. The first-order valence-electron chi connectivity index (χ1n) is 10.0. The summed E-state index contributed by atoms with van der Waals surface area (Å²) in [6.07, 6.45) is 1.09. The van der Waals surface area contributed by atoms with Crippen LogP contribution in [0.15, 0.2) is 59.5 Å². The van der Waals surface area contributed by atoms with Crippen LogP contribution in [0.2, 0.25) is 0 Å². The van der Waals surface area contributed by atoms with Gasteiger partial charge in [0.15, 0.2) is 5.69 Å². The van der Waals surface area contributed by atoms with Crippen LogP contribution >= 0.6 is 0 Å². The van der Waals surface area contributed by atoms with Gasteiger partial charge in [0.25, 0.3) is 5.56 Å². The number of aromatic nitrogens is 1. The molecule has 4 N–H and O–H groups in total. The van der Waals surface area contributed by atoms with Crippen LogP contribution in [0, 0.1) is 13.8 Å². The first-order valence-corrected chi connectivity index (χ1v) is 10.0. The van der Waals surface area contributed by atoms with E-state index in [2.05, 4.69) is 10.6 Å². The van der Waals surface area contributed by atoms with E-state index in [9.17, 15) is 24.6 Å². The maximum Gasteiger partial charge on any atom is 0.319 e. The molecule has 166 valence electrons. The Labute approximate surface area is 185 Å². The smallest absolute Gasteiger partial charge is 0.319 e. The molecule has 2 amide bonds. The van der Waals surface area contributed by atoms with Crippen molar-refractivity contribution in [2.45, 2.75) is 26.3 Å². The Morgan fingerprint density at radius 3 is 2.47 bits per heavy atom. The number of urea groups is 1. The molecule has 8 nitrogen and oxygen atoms in total. The number of carboxylic acid groups (broad SMARTS) is 1. The minimum Gasteiger partial charge on any atom is -0.505 e. The molecule has 0 aliphatic heterocycles. The molecule has 0 saturated heterocycles. The Balaban J connectivity index is 1.90. The highest BCUT2D eigenvalue weighted by Crippen LogP contribution is 2.28. The predicted octanol–water partition coefficient (Wildman–Crippen LogP) is 3.71. The summed E-state index contributed by atoms with van der Waals surface area (Å²) in [5, 5.41) is 24.5. The number of benzene rings is 2. The van der Waals surface area contributed by atoms with E-state index in [1.165, 1.54) is 17.8 Å². The van der Waals surface area contributed by atoms with Gasteiger partial charge in [0.05, 0.1) is 12.5 Å². The number of nitrogens with one attached hydrogen (secondary N) is 2. The Morgan fingerprint density at radius 2 is 1.78 bits per heavy atom. The third kappa shape index (κ3) is 4.97. The lowest BCUT2D eigenvalue weighted by molar-refractivity contribution is -0.137. The van der Waals surface area contributed by atoms with Gasteiger partial charge in [0.1, 0.15) is 5.75 Å². The van der Waals surface area contributed by atoms with E-state index in [4.69, 9.17) is 0 Å². The zero-order chi connectivity index (χ0) is 23.4. The molecule has 0 bridgehead atoms. The number of pyridine rings is 1. The first-order chi connectivity index (χ1) is 15.2. The number of hydrogen-bond donors (Lipinski definition) is 4. The van der Waals surface area contributed by atoms with Crippen LogP contribution in [0.25, 0.3) is 11.1 Å². The van der Waals surface area contributed by atoms with Crippen LogP contribution in [0.5, 0.6) is 5.75 Å². The molecule has 0 aliphatic rings. The SMILES string of the molecule is Cc1ccccc1-c1cccc(C(CC(=O)O)NC(=O)Nc2c(O)c(C)cn(C)c2=O)c1. The van der Waals surface area contributed by atoms with Crippen LogP contribution in [0.3, 0.4) is 0 Å². The van der Waals surface area contributed by atoms with Gasteiger partial charge in [-0.05, 0) is 42.2 Å². The number of nitrogens with zero attached hydrogens (tertiary/aromatic N) is 1. The molecule has 1 atom stereocenters. The summed E-state index contributed by atoms with van der Waals surface area (Å²) >= 11 is 0.